The summed E-state index contributed by atoms with van der Waals surface area (Å²) < 4.78 is 0. The lowest BCUT2D eigenvalue weighted by molar-refractivity contribution is -0.121. The number of hydrogen-bond donors (Lipinski definition) is 2. The normalized spacial score (nSPS) is 23.8. The van der Waals surface area contributed by atoms with Gasteiger partial charge in [-0.2, -0.15) is 0 Å². The number of allylic oxidation sites excluding steroid dienone is 2. The summed E-state index contributed by atoms with van der Waals surface area (Å²) in [6.45, 7) is 14.5. The van der Waals surface area contributed by atoms with Crippen LogP contribution in [0.4, 0.5) is 0 Å². The molecule has 1 saturated heterocycles. The Morgan fingerprint density at radius 2 is 1.94 bits per heavy atom. The Kier molecular flexibility index (Phi) is 3.58. The molecule has 0 spiro atoms. The van der Waals surface area contributed by atoms with Gasteiger partial charge in [0.1, 0.15) is 0 Å². The first kappa shape index (κ1) is 12.6. The zero-order chi connectivity index (χ0) is 12.5. The molecule has 0 aliphatic carbocycles. The molecule has 0 aromatic carbocycles. The first-order chi connectivity index (χ1) is 7.36. The largest absolute Gasteiger partial charge is 0.402 e. The zero-order valence-electron chi connectivity index (χ0n) is 10.3. The molecule has 0 unspecified atom stereocenters. The van der Waals surface area contributed by atoms with Crippen molar-refractivity contribution in [1.82, 2.24) is 5.32 Å². The van der Waals surface area contributed by atoms with E-state index in [2.05, 4.69) is 18.5 Å². The molecule has 1 aliphatic heterocycles. The van der Waals surface area contributed by atoms with Crippen molar-refractivity contribution in [2.24, 2.45) is 17.6 Å². The van der Waals surface area contributed by atoms with Crippen LogP contribution in [0.15, 0.2) is 35.6 Å². The average Bonchev–Trinajstić information content (AvgIpc) is 2.57. The molecule has 1 amide bonds. The second-order valence-corrected chi connectivity index (χ2v) is 4.55. The maximum Gasteiger partial charge on any atom is 0.229 e. The van der Waals surface area contributed by atoms with Gasteiger partial charge in [-0.1, -0.05) is 18.7 Å². The summed E-state index contributed by atoms with van der Waals surface area (Å²) in [6, 6.07) is 0. The predicted molar refractivity (Wildman–Crippen MR) is 66.5 cm³/mol. The van der Waals surface area contributed by atoms with Crippen molar-refractivity contribution >= 4 is 5.91 Å². The van der Waals surface area contributed by atoms with Gasteiger partial charge in [0.15, 0.2) is 0 Å². The molecule has 0 aromatic heterocycles. The highest BCUT2D eigenvalue weighted by molar-refractivity contribution is 5.84. The van der Waals surface area contributed by atoms with Crippen LogP contribution in [0.25, 0.3) is 0 Å². The maximum absolute atomic E-state index is 11.6. The Morgan fingerprint density at radius 3 is 2.38 bits per heavy atom. The van der Waals surface area contributed by atoms with Crippen molar-refractivity contribution in [3.8, 4) is 0 Å². The van der Waals surface area contributed by atoms with Crippen molar-refractivity contribution in [2.45, 2.75) is 20.8 Å². The Morgan fingerprint density at radius 1 is 1.38 bits per heavy atom. The molecule has 88 valence electrons. The highest BCUT2D eigenvalue weighted by Crippen LogP contribution is 2.32. The van der Waals surface area contributed by atoms with E-state index in [1.807, 2.05) is 20.8 Å². The highest BCUT2D eigenvalue weighted by atomic mass is 16.2. The third-order valence-electron chi connectivity index (χ3n) is 3.26. The number of hydrogen-bond acceptors (Lipinski definition) is 2. The molecule has 0 aromatic rings. The highest BCUT2D eigenvalue weighted by Gasteiger charge is 2.37. The molecule has 16 heavy (non-hydrogen) atoms. The predicted octanol–water partition coefficient (Wildman–Crippen LogP) is 1.73. The SMILES string of the molecule is C=C(N)[C@H]1C(=O)NC[C@@H]1C(=C)C(C)=C(C)C. The monoisotopic (exact) mass is 220 g/mol. The molecule has 0 bridgehead atoms. The van der Waals surface area contributed by atoms with Crippen LogP contribution in [0.1, 0.15) is 20.8 Å². The molecular weight excluding hydrogens is 200 g/mol. The smallest absolute Gasteiger partial charge is 0.229 e. The quantitative estimate of drug-likeness (QED) is 0.712. The van der Waals surface area contributed by atoms with Crippen molar-refractivity contribution in [2.75, 3.05) is 6.54 Å². The number of carbonyl (C=O) groups is 1. The maximum atomic E-state index is 11.6. The molecule has 3 nitrogen and oxygen atoms in total. The van der Waals surface area contributed by atoms with E-state index in [1.165, 1.54) is 5.57 Å². The summed E-state index contributed by atoms with van der Waals surface area (Å²) in [7, 11) is 0. The molecule has 1 heterocycles. The van der Waals surface area contributed by atoms with Crippen LogP contribution in [-0.2, 0) is 4.79 Å². The van der Waals surface area contributed by atoms with Crippen LogP contribution in [0.3, 0.4) is 0 Å². The van der Waals surface area contributed by atoms with Crippen LogP contribution < -0.4 is 11.1 Å². The van der Waals surface area contributed by atoms with Gasteiger partial charge in [-0.25, -0.2) is 0 Å². The third-order valence-corrected chi connectivity index (χ3v) is 3.26. The van der Waals surface area contributed by atoms with Crippen molar-refractivity contribution < 1.29 is 4.79 Å². The Hall–Kier alpha value is -1.51. The summed E-state index contributed by atoms with van der Waals surface area (Å²) >= 11 is 0. The fourth-order valence-corrected chi connectivity index (χ4v) is 1.97. The fourth-order valence-electron chi connectivity index (χ4n) is 1.97. The molecule has 1 rings (SSSR count). The third kappa shape index (κ3) is 2.18. The minimum absolute atomic E-state index is 0.0415. The Balaban J connectivity index is 2.98. The molecule has 1 fully saturated rings. The summed E-state index contributed by atoms with van der Waals surface area (Å²) in [5, 5.41) is 2.81. The van der Waals surface area contributed by atoms with E-state index in [-0.39, 0.29) is 17.7 Å². The van der Waals surface area contributed by atoms with Gasteiger partial charge in [-0.05, 0) is 31.9 Å². The molecule has 3 heteroatoms. The van der Waals surface area contributed by atoms with E-state index in [0.717, 1.165) is 11.1 Å². The lowest BCUT2D eigenvalue weighted by atomic mass is 9.83. The molecule has 1 aliphatic rings. The van der Waals surface area contributed by atoms with Gasteiger partial charge >= 0.3 is 0 Å². The zero-order valence-corrected chi connectivity index (χ0v) is 10.3. The van der Waals surface area contributed by atoms with E-state index < -0.39 is 0 Å². The second kappa shape index (κ2) is 4.56. The number of carbonyl (C=O) groups excluding carboxylic acids is 1. The number of amides is 1. The van der Waals surface area contributed by atoms with E-state index >= 15 is 0 Å². The summed E-state index contributed by atoms with van der Waals surface area (Å²) in [5.74, 6) is -0.332. The Labute approximate surface area is 97.1 Å². The molecular formula is C13H20N2O. The van der Waals surface area contributed by atoms with Crippen LogP contribution in [0.2, 0.25) is 0 Å². The minimum atomic E-state index is -0.332. The molecule has 3 N–H and O–H groups in total. The van der Waals surface area contributed by atoms with Crippen molar-refractivity contribution in [3.63, 3.8) is 0 Å². The summed E-state index contributed by atoms with van der Waals surface area (Å²) in [6.07, 6.45) is 0. The van der Waals surface area contributed by atoms with E-state index in [9.17, 15) is 4.79 Å². The van der Waals surface area contributed by atoms with Crippen LogP contribution >= 0.6 is 0 Å². The Bertz CT molecular complexity index is 375. The van der Waals surface area contributed by atoms with Crippen LogP contribution in [0, 0.1) is 11.8 Å². The molecule has 0 saturated carbocycles. The number of rotatable bonds is 3. The number of nitrogens with two attached hydrogens (primary N) is 1. The molecule has 0 radical (unpaired) electrons. The van der Waals surface area contributed by atoms with Gasteiger partial charge in [0.2, 0.25) is 5.91 Å². The fraction of sp³-hybridized carbons (Fsp3) is 0.462. The van der Waals surface area contributed by atoms with Crippen molar-refractivity contribution in [3.05, 3.63) is 35.6 Å². The first-order valence-corrected chi connectivity index (χ1v) is 5.41. The van der Waals surface area contributed by atoms with E-state index in [1.54, 1.807) is 0 Å². The van der Waals surface area contributed by atoms with Gasteiger partial charge in [0, 0.05) is 18.2 Å². The van der Waals surface area contributed by atoms with Gasteiger partial charge < -0.3 is 11.1 Å². The van der Waals surface area contributed by atoms with Gasteiger partial charge in [0.05, 0.1) is 5.92 Å². The first-order valence-electron chi connectivity index (χ1n) is 5.41. The minimum Gasteiger partial charge on any atom is -0.402 e. The van der Waals surface area contributed by atoms with Crippen LogP contribution in [0.5, 0.6) is 0 Å². The standard InChI is InChI=1S/C13H20N2O/c1-7(2)8(3)9(4)11-6-15-13(16)12(11)10(5)14/h11-12H,4-6,14H2,1-3H3,(H,15,16)/t11-,12-/m1/s1. The lowest BCUT2D eigenvalue weighted by Crippen LogP contribution is -2.25. The van der Waals surface area contributed by atoms with E-state index in [4.69, 9.17) is 5.73 Å². The van der Waals surface area contributed by atoms with Gasteiger partial charge in [-0.3, -0.25) is 4.79 Å². The summed E-state index contributed by atoms with van der Waals surface area (Å²) in [4.78, 5) is 11.6. The van der Waals surface area contributed by atoms with E-state index in [0.29, 0.717) is 12.2 Å². The van der Waals surface area contributed by atoms with Gasteiger partial charge in [0.25, 0.3) is 0 Å². The summed E-state index contributed by atoms with van der Waals surface area (Å²) in [5.41, 5.74) is 9.44. The second-order valence-electron chi connectivity index (χ2n) is 4.55. The van der Waals surface area contributed by atoms with Crippen LogP contribution in [-0.4, -0.2) is 12.5 Å². The number of nitrogens with one attached hydrogen (secondary N) is 1. The van der Waals surface area contributed by atoms with Crippen molar-refractivity contribution in [1.29, 1.82) is 0 Å². The topological polar surface area (TPSA) is 55.1 Å². The van der Waals surface area contributed by atoms with Gasteiger partial charge in [-0.15, -0.1) is 0 Å². The molecule has 2 atom stereocenters. The lowest BCUT2D eigenvalue weighted by Gasteiger charge is -2.20. The average molecular weight is 220 g/mol.